The molecule has 0 unspecified atom stereocenters. The Kier molecular flexibility index (Phi) is 3.93. The molecular formula is C15H14N2O2. The topological polar surface area (TPSA) is 64.7 Å². The second-order valence-corrected chi connectivity index (χ2v) is 4.09. The minimum atomic E-state index is -0.525. The lowest BCUT2D eigenvalue weighted by molar-refractivity contribution is 0.0516. The van der Waals surface area contributed by atoms with E-state index in [4.69, 9.17) is 10.6 Å². The van der Waals surface area contributed by atoms with Gasteiger partial charge in [-0.15, -0.1) is 0 Å². The number of amidine groups is 1. The zero-order valence-corrected chi connectivity index (χ0v) is 10.5. The lowest BCUT2D eigenvalue weighted by atomic mass is 10.1. The van der Waals surface area contributed by atoms with Gasteiger partial charge < -0.3 is 10.6 Å². The normalized spacial score (nSPS) is 11.1. The fraction of sp³-hybridized carbons (Fsp3) is 0.0667. The Labute approximate surface area is 111 Å². The van der Waals surface area contributed by atoms with Gasteiger partial charge >= 0.3 is 5.97 Å². The Morgan fingerprint density at radius 2 is 1.74 bits per heavy atom. The Morgan fingerprint density at radius 1 is 1.05 bits per heavy atom. The summed E-state index contributed by atoms with van der Waals surface area (Å²) in [6.07, 6.45) is 0. The van der Waals surface area contributed by atoms with Crippen molar-refractivity contribution < 1.29 is 9.63 Å². The van der Waals surface area contributed by atoms with Crippen LogP contribution >= 0.6 is 0 Å². The average molecular weight is 254 g/mol. The largest absolute Gasteiger partial charge is 0.380 e. The van der Waals surface area contributed by atoms with Crippen LogP contribution in [0, 0.1) is 6.92 Å². The maximum Gasteiger partial charge on any atom is 0.365 e. The van der Waals surface area contributed by atoms with Crippen LogP contribution in [0.25, 0.3) is 0 Å². The van der Waals surface area contributed by atoms with E-state index in [9.17, 15) is 4.79 Å². The Balaban J connectivity index is 2.08. The monoisotopic (exact) mass is 254 g/mol. The van der Waals surface area contributed by atoms with Crippen molar-refractivity contribution >= 4 is 11.8 Å². The second kappa shape index (κ2) is 5.82. The third-order valence-corrected chi connectivity index (χ3v) is 2.55. The zero-order valence-electron chi connectivity index (χ0n) is 10.5. The first-order chi connectivity index (χ1) is 9.16. The molecule has 0 aliphatic rings. The molecule has 19 heavy (non-hydrogen) atoms. The summed E-state index contributed by atoms with van der Waals surface area (Å²) in [4.78, 5) is 16.6. The van der Waals surface area contributed by atoms with E-state index in [0.717, 1.165) is 5.56 Å². The first kappa shape index (κ1) is 12.8. The molecule has 0 radical (unpaired) electrons. The van der Waals surface area contributed by atoms with E-state index < -0.39 is 5.97 Å². The number of carbonyl (C=O) groups is 1. The molecule has 4 nitrogen and oxygen atoms in total. The third kappa shape index (κ3) is 3.42. The molecule has 0 aromatic heterocycles. The van der Waals surface area contributed by atoms with Crippen LogP contribution in [0.2, 0.25) is 0 Å². The van der Waals surface area contributed by atoms with Gasteiger partial charge in [-0.1, -0.05) is 53.2 Å². The molecule has 96 valence electrons. The number of nitrogens with zero attached hydrogens (tertiary/aromatic N) is 1. The van der Waals surface area contributed by atoms with E-state index in [1.54, 1.807) is 30.3 Å². The van der Waals surface area contributed by atoms with Gasteiger partial charge in [0, 0.05) is 5.56 Å². The predicted octanol–water partition coefficient (Wildman–Crippen LogP) is 2.47. The van der Waals surface area contributed by atoms with E-state index in [1.165, 1.54) is 0 Å². The van der Waals surface area contributed by atoms with Gasteiger partial charge in [-0.05, 0) is 19.1 Å². The highest BCUT2D eigenvalue weighted by Gasteiger charge is 2.07. The molecule has 2 aromatic carbocycles. The van der Waals surface area contributed by atoms with Crippen LogP contribution in [0.5, 0.6) is 0 Å². The van der Waals surface area contributed by atoms with Crippen molar-refractivity contribution in [3.63, 3.8) is 0 Å². The van der Waals surface area contributed by atoms with Gasteiger partial charge in [-0.2, -0.15) is 0 Å². The minimum absolute atomic E-state index is 0.168. The summed E-state index contributed by atoms with van der Waals surface area (Å²) in [6.45, 7) is 1.90. The fourth-order valence-corrected chi connectivity index (χ4v) is 1.58. The molecule has 2 rings (SSSR count). The number of rotatable bonds is 3. The van der Waals surface area contributed by atoms with Gasteiger partial charge in [-0.25, -0.2) is 4.79 Å². The smallest absolute Gasteiger partial charge is 0.365 e. The first-order valence-corrected chi connectivity index (χ1v) is 5.84. The van der Waals surface area contributed by atoms with Crippen molar-refractivity contribution in [3.05, 3.63) is 71.3 Å². The van der Waals surface area contributed by atoms with E-state index in [2.05, 4.69) is 5.16 Å². The number of nitrogens with two attached hydrogens (primary N) is 1. The highest BCUT2D eigenvalue weighted by Crippen LogP contribution is 2.06. The van der Waals surface area contributed by atoms with Crippen molar-refractivity contribution in [1.82, 2.24) is 0 Å². The van der Waals surface area contributed by atoms with Crippen LogP contribution in [0.4, 0.5) is 0 Å². The molecule has 4 heteroatoms. The van der Waals surface area contributed by atoms with E-state index >= 15 is 0 Å². The van der Waals surface area contributed by atoms with Gasteiger partial charge in [0.05, 0.1) is 5.56 Å². The lowest BCUT2D eigenvalue weighted by Gasteiger charge is -2.01. The number of benzene rings is 2. The van der Waals surface area contributed by atoms with Crippen LogP contribution in [0.3, 0.4) is 0 Å². The summed E-state index contributed by atoms with van der Waals surface area (Å²) < 4.78 is 0. The zero-order chi connectivity index (χ0) is 13.7. The molecule has 0 atom stereocenters. The van der Waals surface area contributed by atoms with Crippen molar-refractivity contribution in [3.8, 4) is 0 Å². The molecule has 2 N–H and O–H groups in total. The molecular weight excluding hydrogens is 240 g/mol. The quantitative estimate of drug-likeness (QED) is 0.396. The number of hydrogen-bond donors (Lipinski definition) is 1. The van der Waals surface area contributed by atoms with E-state index in [1.807, 2.05) is 31.2 Å². The highest BCUT2D eigenvalue weighted by atomic mass is 16.7. The first-order valence-electron chi connectivity index (χ1n) is 5.84. The van der Waals surface area contributed by atoms with Crippen molar-refractivity contribution in [1.29, 1.82) is 0 Å². The average Bonchev–Trinajstić information content (AvgIpc) is 2.45. The maximum atomic E-state index is 11.7. The second-order valence-electron chi connectivity index (χ2n) is 4.09. The highest BCUT2D eigenvalue weighted by molar-refractivity contribution is 5.98. The van der Waals surface area contributed by atoms with Gasteiger partial charge in [0.15, 0.2) is 5.84 Å². The van der Waals surface area contributed by atoms with E-state index in [0.29, 0.717) is 11.1 Å². The standard InChI is InChI=1S/C15H14N2O2/c1-11-6-5-9-13(10-11)15(18)19-17-14(16)12-7-3-2-4-8-12/h2-10H,1H3,(H2,16,17). The van der Waals surface area contributed by atoms with Gasteiger partial charge in [-0.3, -0.25) is 0 Å². The molecule has 0 fully saturated rings. The summed E-state index contributed by atoms with van der Waals surface area (Å²) in [7, 11) is 0. The molecule has 0 aliphatic carbocycles. The number of aryl methyl sites for hydroxylation is 1. The molecule has 0 amide bonds. The summed E-state index contributed by atoms with van der Waals surface area (Å²) in [5.41, 5.74) is 7.86. The summed E-state index contributed by atoms with van der Waals surface area (Å²) in [5, 5.41) is 3.65. The van der Waals surface area contributed by atoms with Crippen molar-refractivity contribution in [2.75, 3.05) is 0 Å². The van der Waals surface area contributed by atoms with Crippen LogP contribution in [-0.4, -0.2) is 11.8 Å². The van der Waals surface area contributed by atoms with Crippen LogP contribution < -0.4 is 5.73 Å². The molecule has 0 spiro atoms. The summed E-state index contributed by atoms with van der Waals surface area (Å²) in [5.74, 6) is -0.357. The van der Waals surface area contributed by atoms with Gasteiger partial charge in [0.1, 0.15) is 0 Å². The molecule has 0 aliphatic heterocycles. The van der Waals surface area contributed by atoms with Crippen molar-refractivity contribution in [2.45, 2.75) is 6.92 Å². The molecule has 0 saturated carbocycles. The molecule has 0 heterocycles. The number of carbonyl (C=O) groups excluding carboxylic acids is 1. The summed E-state index contributed by atoms with van der Waals surface area (Å²) >= 11 is 0. The summed E-state index contributed by atoms with van der Waals surface area (Å²) in [6, 6.07) is 16.2. The van der Waals surface area contributed by atoms with E-state index in [-0.39, 0.29) is 5.84 Å². The Hall–Kier alpha value is -2.62. The minimum Gasteiger partial charge on any atom is -0.380 e. The Morgan fingerprint density at radius 3 is 2.42 bits per heavy atom. The number of hydrogen-bond acceptors (Lipinski definition) is 3. The van der Waals surface area contributed by atoms with Crippen LogP contribution in [0.1, 0.15) is 21.5 Å². The lowest BCUT2D eigenvalue weighted by Crippen LogP contribution is -2.15. The maximum absolute atomic E-state index is 11.7. The molecule has 2 aromatic rings. The van der Waals surface area contributed by atoms with Gasteiger partial charge in [0.2, 0.25) is 0 Å². The van der Waals surface area contributed by atoms with Crippen LogP contribution in [0.15, 0.2) is 59.8 Å². The molecule has 0 saturated heterocycles. The SMILES string of the molecule is Cc1cccc(C(=O)ON=C(N)c2ccccc2)c1. The van der Waals surface area contributed by atoms with Gasteiger partial charge in [0.25, 0.3) is 0 Å². The fourth-order valence-electron chi connectivity index (χ4n) is 1.58. The van der Waals surface area contributed by atoms with Crippen molar-refractivity contribution in [2.24, 2.45) is 10.9 Å². The molecule has 0 bridgehead atoms. The predicted molar refractivity (Wildman–Crippen MR) is 73.8 cm³/mol. The van der Waals surface area contributed by atoms with Crippen LogP contribution in [-0.2, 0) is 4.84 Å². The Bertz CT molecular complexity index is 607. The third-order valence-electron chi connectivity index (χ3n) is 2.55. The number of oxime groups is 1.